The molecule has 3 nitrogen and oxygen atoms in total. The van der Waals surface area contributed by atoms with Gasteiger partial charge in [0.15, 0.2) is 0 Å². The molecule has 0 saturated carbocycles. The normalized spacial score (nSPS) is 8.85. The predicted molar refractivity (Wildman–Crippen MR) is 49.3 cm³/mol. The van der Waals surface area contributed by atoms with Crippen molar-refractivity contribution in [2.24, 2.45) is 0 Å². The van der Waals surface area contributed by atoms with Crippen LogP contribution < -0.4 is 4.74 Å². The fourth-order valence-corrected chi connectivity index (χ4v) is 0.830. The molecule has 13 heavy (non-hydrogen) atoms. The van der Waals surface area contributed by atoms with Gasteiger partial charge in [0.1, 0.15) is 11.6 Å². The van der Waals surface area contributed by atoms with Crippen molar-refractivity contribution in [1.82, 2.24) is 4.98 Å². The zero-order chi connectivity index (χ0) is 9.52. The molecule has 66 valence electrons. The van der Waals surface area contributed by atoms with Crippen molar-refractivity contribution in [3.8, 4) is 11.9 Å². The number of pyridine rings is 1. The molecule has 0 aliphatic carbocycles. The molecular formula is C10H10N2O. The molecule has 0 aromatic carbocycles. The Morgan fingerprint density at radius 1 is 1.69 bits per heavy atom. The summed E-state index contributed by atoms with van der Waals surface area (Å²) in [7, 11) is 0. The Morgan fingerprint density at radius 3 is 3.23 bits per heavy atom. The standard InChI is InChI=1S/C10H10N2O/c1-2-3-7-13-10-9(8-11)5-4-6-12-10/h2,4-6H,1,3,7H2. The van der Waals surface area contributed by atoms with Gasteiger partial charge in [0.25, 0.3) is 0 Å². The first-order valence-corrected chi connectivity index (χ1v) is 3.97. The zero-order valence-corrected chi connectivity index (χ0v) is 7.23. The molecule has 1 rings (SSSR count). The fourth-order valence-electron chi connectivity index (χ4n) is 0.830. The Bertz CT molecular complexity index is 328. The lowest BCUT2D eigenvalue weighted by Gasteiger charge is -2.03. The molecule has 0 amide bonds. The molecule has 1 aromatic rings. The van der Waals surface area contributed by atoms with Gasteiger partial charge in [-0.15, -0.1) is 6.58 Å². The minimum absolute atomic E-state index is 0.395. The van der Waals surface area contributed by atoms with E-state index in [2.05, 4.69) is 11.6 Å². The molecule has 0 fully saturated rings. The van der Waals surface area contributed by atoms with Gasteiger partial charge in [0.2, 0.25) is 5.88 Å². The quantitative estimate of drug-likeness (QED) is 0.517. The summed E-state index contributed by atoms with van der Waals surface area (Å²) < 4.78 is 5.26. The minimum atomic E-state index is 0.395. The summed E-state index contributed by atoms with van der Waals surface area (Å²) in [6, 6.07) is 5.39. The summed E-state index contributed by atoms with van der Waals surface area (Å²) >= 11 is 0. The van der Waals surface area contributed by atoms with Crippen LogP contribution in [0.25, 0.3) is 0 Å². The molecule has 0 aliphatic rings. The average Bonchev–Trinajstić information content (AvgIpc) is 2.19. The zero-order valence-electron chi connectivity index (χ0n) is 7.23. The number of hydrogen-bond donors (Lipinski definition) is 0. The third-order valence-electron chi connectivity index (χ3n) is 1.45. The van der Waals surface area contributed by atoms with E-state index < -0.39 is 0 Å². The molecular weight excluding hydrogens is 164 g/mol. The van der Waals surface area contributed by atoms with E-state index >= 15 is 0 Å². The topological polar surface area (TPSA) is 45.9 Å². The molecule has 0 N–H and O–H groups in total. The van der Waals surface area contributed by atoms with Crippen molar-refractivity contribution in [2.45, 2.75) is 6.42 Å². The Kier molecular flexibility index (Phi) is 3.52. The van der Waals surface area contributed by atoms with Gasteiger partial charge >= 0.3 is 0 Å². The predicted octanol–water partition coefficient (Wildman–Crippen LogP) is 1.91. The maximum Gasteiger partial charge on any atom is 0.231 e. The van der Waals surface area contributed by atoms with Gasteiger partial charge in [-0.1, -0.05) is 6.08 Å². The SMILES string of the molecule is C=CCCOc1ncccc1C#N. The van der Waals surface area contributed by atoms with Gasteiger partial charge in [-0.25, -0.2) is 4.98 Å². The molecule has 0 bridgehead atoms. The van der Waals surface area contributed by atoms with Crippen molar-refractivity contribution in [1.29, 1.82) is 5.26 Å². The van der Waals surface area contributed by atoms with Gasteiger partial charge in [-0.3, -0.25) is 0 Å². The van der Waals surface area contributed by atoms with Crippen LogP contribution in [-0.4, -0.2) is 11.6 Å². The van der Waals surface area contributed by atoms with Crippen LogP contribution in [0.2, 0.25) is 0 Å². The highest BCUT2D eigenvalue weighted by Gasteiger charge is 2.01. The number of nitriles is 1. The number of nitrogens with zero attached hydrogens (tertiary/aromatic N) is 2. The van der Waals surface area contributed by atoms with Crippen molar-refractivity contribution in [3.63, 3.8) is 0 Å². The number of ether oxygens (including phenoxy) is 1. The summed E-state index contributed by atoms with van der Waals surface area (Å²) in [6.07, 6.45) is 4.11. The van der Waals surface area contributed by atoms with E-state index in [4.69, 9.17) is 10.00 Å². The Morgan fingerprint density at radius 2 is 2.54 bits per heavy atom. The molecule has 3 heteroatoms. The number of aromatic nitrogens is 1. The molecule has 1 aromatic heterocycles. The third-order valence-corrected chi connectivity index (χ3v) is 1.45. The van der Waals surface area contributed by atoms with Gasteiger partial charge in [0.05, 0.1) is 6.61 Å². The van der Waals surface area contributed by atoms with Crippen LogP contribution >= 0.6 is 0 Å². The largest absolute Gasteiger partial charge is 0.476 e. The van der Waals surface area contributed by atoms with Crippen molar-refractivity contribution in [2.75, 3.05) is 6.61 Å². The van der Waals surface area contributed by atoms with E-state index in [1.54, 1.807) is 24.4 Å². The molecule has 0 spiro atoms. The highest BCUT2D eigenvalue weighted by Crippen LogP contribution is 2.12. The molecule has 1 heterocycles. The Balaban J connectivity index is 2.65. The van der Waals surface area contributed by atoms with E-state index in [-0.39, 0.29) is 0 Å². The first-order valence-electron chi connectivity index (χ1n) is 3.97. The summed E-state index contributed by atoms with van der Waals surface area (Å²) in [5.41, 5.74) is 0.464. The smallest absolute Gasteiger partial charge is 0.231 e. The van der Waals surface area contributed by atoms with Gasteiger partial charge < -0.3 is 4.74 Å². The van der Waals surface area contributed by atoms with Crippen LogP contribution in [-0.2, 0) is 0 Å². The van der Waals surface area contributed by atoms with Crippen LogP contribution in [0, 0.1) is 11.3 Å². The molecule has 0 atom stereocenters. The fraction of sp³-hybridized carbons (Fsp3) is 0.200. The number of rotatable bonds is 4. The first kappa shape index (κ1) is 9.27. The average molecular weight is 174 g/mol. The van der Waals surface area contributed by atoms with Crippen LogP contribution in [0.5, 0.6) is 5.88 Å². The highest BCUT2D eigenvalue weighted by molar-refractivity contribution is 5.36. The first-order chi connectivity index (χ1) is 6.38. The van der Waals surface area contributed by atoms with E-state index in [9.17, 15) is 0 Å². The van der Waals surface area contributed by atoms with Crippen molar-refractivity contribution < 1.29 is 4.74 Å². The van der Waals surface area contributed by atoms with Gasteiger partial charge in [-0.05, 0) is 18.6 Å². The second-order valence-electron chi connectivity index (χ2n) is 2.39. The lowest BCUT2D eigenvalue weighted by molar-refractivity contribution is 0.311. The number of hydrogen-bond acceptors (Lipinski definition) is 3. The lowest BCUT2D eigenvalue weighted by atomic mass is 10.3. The molecule has 0 radical (unpaired) electrons. The van der Waals surface area contributed by atoms with Crippen LogP contribution in [0.3, 0.4) is 0 Å². The summed E-state index contributed by atoms with van der Waals surface area (Å²) in [5, 5.41) is 8.68. The summed E-state index contributed by atoms with van der Waals surface area (Å²) in [6.45, 7) is 4.08. The molecule has 0 unspecified atom stereocenters. The van der Waals surface area contributed by atoms with Gasteiger partial charge in [0, 0.05) is 6.20 Å². The third kappa shape index (κ3) is 2.60. The van der Waals surface area contributed by atoms with Crippen LogP contribution in [0.4, 0.5) is 0 Å². The summed E-state index contributed by atoms with van der Waals surface area (Å²) in [4.78, 5) is 3.94. The highest BCUT2D eigenvalue weighted by atomic mass is 16.5. The van der Waals surface area contributed by atoms with Crippen LogP contribution in [0.1, 0.15) is 12.0 Å². The maximum atomic E-state index is 8.68. The minimum Gasteiger partial charge on any atom is -0.476 e. The Labute approximate surface area is 77.3 Å². The lowest BCUT2D eigenvalue weighted by Crippen LogP contribution is -1.99. The second-order valence-corrected chi connectivity index (χ2v) is 2.39. The van der Waals surface area contributed by atoms with E-state index in [0.717, 1.165) is 6.42 Å². The van der Waals surface area contributed by atoms with Gasteiger partial charge in [-0.2, -0.15) is 5.26 Å². The maximum absolute atomic E-state index is 8.68. The van der Waals surface area contributed by atoms with Crippen LogP contribution in [0.15, 0.2) is 31.0 Å². The molecule has 0 saturated heterocycles. The van der Waals surface area contributed by atoms with Crippen molar-refractivity contribution >= 4 is 0 Å². The van der Waals surface area contributed by atoms with E-state index in [1.165, 1.54) is 0 Å². The van der Waals surface area contributed by atoms with Crippen molar-refractivity contribution in [3.05, 3.63) is 36.5 Å². The second kappa shape index (κ2) is 4.94. The van der Waals surface area contributed by atoms with E-state index in [1.807, 2.05) is 6.07 Å². The van der Waals surface area contributed by atoms with E-state index in [0.29, 0.717) is 18.1 Å². The summed E-state index contributed by atoms with van der Waals surface area (Å²) in [5.74, 6) is 0.395. The Hall–Kier alpha value is -1.82. The monoisotopic (exact) mass is 174 g/mol. The molecule has 0 aliphatic heterocycles.